The van der Waals surface area contributed by atoms with Crippen LogP contribution in [-0.4, -0.2) is 18.9 Å². The summed E-state index contributed by atoms with van der Waals surface area (Å²) >= 11 is 6.02. The number of hydrogen-bond acceptors (Lipinski definition) is 4. The summed E-state index contributed by atoms with van der Waals surface area (Å²) in [4.78, 5) is 28.4. The van der Waals surface area contributed by atoms with Gasteiger partial charge in [0.05, 0.1) is 18.4 Å². The third-order valence-electron chi connectivity index (χ3n) is 5.59. The first-order valence-electron chi connectivity index (χ1n) is 10.4. The van der Waals surface area contributed by atoms with E-state index in [0.717, 1.165) is 21.4 Å². The van der Waals surface area contributed by atoms with Gasteiger partial charge in [-0.15, -0.1) is 0 Å². The van der Waals surface area contributed by atoms with Crippen LogP contribution in [0.15, 0.2) is 96.7 Å². The van der Waals surface area contributed by atoms with Crippen LogP contribution in [0.2, 0.25) is 5.02 Å². The number of rotatable bonds is 5. The molecule has 0 atom stereocenters. The molecule has 5 nitrogen and oxygen atoms in total. The van der Waals surface area contributed by atoms with E-state index in [1.165, 1.54) is 7.11 Å². The molecule has 0 unspecified atom stereocenters. The highest BCUT2D eigenvalue weighted by molar-refractivity contribution is 6.46. The van der Waals surface area contributed by atoms with E-state index in [-0.39, 0.29) is 11.3 Å². The molecule has 33 heavy (non-hydrogen) atoms. The number of carbonyl (C=O) groups excluding carboxylic acids is 2. The molecule has 0 bridgehead atoms. The number of anilines is 2. The van der Waals surface area contributed by atoms with Crippen LogP contribution >= 0.6 is 11.6 Å². The number of fused-ring (bicyclic) bond motifs is 1. The Morgan fingerprint density at radius 2 is 1.48 bits per heavy atom. The summed E-state index contributed by atoms with van der Waals surface area (Å²) in [6.07, 6.45) is 0. The number of ether oxygens (including phenoxy) is 1. The quantitative estimate of drug-likeness (QED) is 0.381. The van der Waals surface area contributed by atoms with Crippen molar-refractivity contribution in [1.82, 2.24) is 0 Å². The van der Waals surface area contributed by atoms with Gasteiger partial charge >= 0.3 is 0 Å². The highest BCUT2D eigenvalue weighted by Gasteiger charge is 2.41. The minimum atomic E-state index is -0.448. The Morgan fingerprint density at radius 3 is 2.27 bits per heavy atom. The van der Waals surface area contributed by atoms with Gasteiger partial charge in [0, 0.05) is 21.7 Å². The second-order valence-corrected chi connectivity index (χ2v) is 7.96. The normalized spacial score (nSPS) is 13.7. The lowest BCUT2D eigenvalue weighted by atomic mass is 10.0. The van der Waals surface area contributed by atoms with Crippen LogP contribution in [0, 0.1) is 0 Å². The van der Waals surface area contributed by atoms with Crippen molar-refractivity contribution in [2.24, 2.45) is 0 Å². The minimum Gasteiger partial charge on any atom is -0.496 e. The van der Waals surface area contributed by atoms with Crippen LogP contribution in [0.1, 0.15) is 5.56 Å². The van der Waals surface area contributed by atoms with E-state index < -0.39 is 11.8 Å². The predicted molar refractivity (Wildman–Crippen MR) is 131 cm³/mol. The lowest BCUT2D eigenvalue weighted by molar-refractivity contribution is -0.120. The van der Waals surface area contributed by atoms with Crippen LogP contribution in [0.4, 0.5) is 11.4 Å². The number of carbonyl (C=O) groups is 2. The summed E-state index contributed by atoms with van der Waals surface area (Å²) in [5, 5.41) is 5.74. The number of para-hydroxylation sites is 1. The first kappa shape index (κ1) is 20.8. The largest absolute Gasteiger partial charge is 0.496 e. The summed E-state index contributed by atoms with van der Waals surface area (Å²) in [6, 6.07) is 27.4. The van der Waals surface area contributed by atoms with Gasteiger partial charge in [0.2, 0.25) is 0 Å². The predicted octanol–water partition coefficient (Wildman–Crippen LogP) is 5.90. The number of imide groups is 1. The molecule has 5 rings (SSSR count). The van der Waals surface area contributed by atoms with Gasteiger partial charge in [0.1, 0.15) is 11.4 Å². The van der Waals surface area contributed by atoms with E-state index in [2.05, 4.69) is 5.32 Å². The molecule has 0 fully saturated rings. The summed E-state index contributed by atoms with van der Waals surface area (Å²) in [6.45, 7) is 0. The van der Waals surface area contributed by atoms with Crippen LogP contribution in [0.5, 0.6) is 5.75 Å². The van der Waals surface area contributed by atoms with Gasteiger partial charge in [-0.05, 0) is 41.8 Å². The van der Waals surface area contributed by atoms with Crippen molar-refractivity contribution in [2.75, 3.05) is 17.3 Å². The van der Waals surface area contributed by atoms with E-state index in [9.17, 15) is 9.59 Å². The molecular weight excluding hydrogens is 436 g/mol. The fraction of sp³-hybridized carbons (Fsp3) is 0.0370. The second kappa shape index (κ2) is 8.45. The van der Waals surface area contributed by atoms with E-state index in [4.69, 9.17) is 16.3 Å². The van der Waals surface area contributed by atoms with Crippen molar-refractivity contribution in [2.45, 2.75) is 0 Å². The second-order valence-electron chi connectivity index (χ2n) is 7.52. The lowest BCUT2D eigenvalue weighted by Crippen LogP contribution is -2.32. The Hall–Kier alpha value is -4.09. The molecule has 1 aliphatic heterocycles. The zero-order valence-corrected chi connectivity index (χ0v) is 18.5. The molecule has 6 heteroatoms. The van der Waals surface area contributed by atoms with Gasteiger partial charge in [-0.25, -0.2) is 4.90 Å². The molecule has 0 radical (unpaired) electrons. The van der Waals surface area contributed by atoms with E-state index >= 15 is 0 Å². The van der Waals surface area contributed by atoms with Crippen molar-refractivity contribution >= 4 is 51.1 Å². The molecule has 0 spiro atoms. The first-order chi connectivity index (χ1) is 16.1. The fourth-order valence-corrected chi connectivity index (χ4v) is 4.17. The third kappa shape index (κ3) is 3.62. The smallest absolute Gasteiger partial charge is 0.282 e. The van der Waals surface area contributed by atoms with E-state index in [0.29, 0.717) is 22.0 Å². The summed E-state index contributed by atoms with van der Waals surface area (Å²) in [5.74, 6) is -0.380. The number of amides is 2. The minimum absolute atomic E-state index is 0.191. The van der Waals surface area contributed by atoms with Gasteiger partial charge in [-0.3, -0.25) is 9.59 Å². The van der Waals surface area contributed by atoms with Gasteiger partial charge in [-0.1, -0.05) is 66.2 Å². The third-order valence-corrected chi connectivity index (χ3v) is 5.85. The molecular formula is C27H19ClN2O3. The van der Waals surface area contributed by atoms with Crippen molar-refractivity contribution < 1.29 is 14.3 Å². The SMILES string of the molecule is COc1ccccc1C1=C(Nc2cccc3ccccc23)C(=O)N(c2ccc(Cl)cc2)C1=O. The lowest BCUT2D eigenvalue weighted by Gasteiger charge is -2.16. The van der Waals surface area contributed by atoms with Crippen molar-refractivity contribution in [3.05, 3.63) is 107 Å². The van der Waals surface area contributed by atoms with Crippen LogP contribution < -0.4 is 15.0 Å². The maximum Gasteiger partial charge on any atom is 0.282 e. The van der Waals surface area contributed by atoms with Crippen LogP contribution in [0.3, 0.4) is 0 Å². The highest BCUT2D eigenvalue weighted by atomic mass is 35.5. The number of methoxy groups -OCH3 is 1. The summed E-state index contributed by atoms with van der Waals surface area (Å²) in [5.41, 5.74) is 2.15. The van der Waals surface area contributed by atoms with Crippen molar-refractivity contribution in [3.8, 4) is 5.75 Å². The number of hydrogen-bond donors (Lipinski definition) is 1. The molecule has 1 aliphatic rings. The maximum atomic E-state index is 13.7. The monoisotopic (exact) mass is 454 g/mol. The van der Waals surface area contributed by atoms with Crippen LogP contribution in [-0.2, 0) is 9.59 Å². The highest BCUT2D eigenvalue weighted by Crippen LogP contribution is 2.38. The standard InChI is InChI=1S/C27H19ClN2O3/c1-33-23-12-5-4-10-21(23)24-25(29-22-11-6-8-17-7-2-3-9-20(17)22)27(32)30(26(24)31)19-15-13-18(28)14-16-19/h2-16,29H,1H3. The molecule has 0 saturated heterocycles. The van der Waals surface area contributed by atoms with Crippen molar-refractivity contribution in [1.29, 1.82) is 0 Å². The Bertz CT molecular complexity index is 1420. The molecule has 2 amide bonds. The Labute approximate surface area is 195 Å². The molecule has 1 N–H and O–H groups in total. The Balaban J connectivity index is 1.69. The zero-order chi connectivity index (χ0) is 22.9. The van der Waals surface area contributed by atoms with E-state index in [1.807, 2.05) is 54.6 Å². The average Bonchev–Trinajstić information content (AvgIpc) is 3.09. The van der Waals surface area contributed by atoms with Gasteiger partial charge in [0.15, 0.2) is 0 Å². The first-order valence-corrected chi connectivity index (χ1v) is 10.7. The summed E-state index contributed by atoms with van der Waals surface area (Å²) < 4.78 is 5.51. The molecule has 1 heterocycles. The number of benzene rings is 4. The summed E-state index contributed by atoms with van der Waals surface area (Å²) in [7, 11) is 1.54. The molecule has 0 aromatic heterocycles. The average molecular weight is 455 g/mol. The van der Waals surface area contributed by atoms with Gasteiger partial charge in [0.25, 0.3) is 11.8 Å². The van der Waals surface area contributed by atoms with Gasteiger partial charge < -0.3 is 10.1 Å². The van der Waals surface area contributed by atoms with Crippen LogP contribution in [0.25, 0.3) is 16.3 Å². The van der Waals surface area contributed by atoms with Gasteiger partial charge in [-0.2, -0.15) is 0 Å². The van der Waals surface area contributed by atoms with E-state index in [1.54, 1.807) is 36.4 Å². The number of nitrogens with zero attached hydrogens (tertiary/aromatic N) is 1. The topological polar surface area (TPSA) is 58.6 Å². The molecule has 162 valence electrons. The molecule has 0 aliphatic carbocycles. The maximum absolute atomic E-state index is 13.7. The van der Waals surface area contributed by atoms with Crippen molar-refractivity contribution in [3.63, 3.8) is 0 Å². The number of halogens is 1. The Morgan fingerprint density at radius 1 is 0.788 bits per heavy atom. The Kier molecular flexibility index (Phi) is 5.32. The molecule has 4 aromatic rings. The number of nitrogens with one attached hydrogen (secondary N) is 1. The zero-order valence-electron chi connectivity index (χ0n) is 17.7. The molecule has 0 saturated carbocycles. The fourth-order valence-electron chi connectivity index (χ4n) is 4.04. The molecule has 4 aromatic carbocycles.